The number of fused-ring (bicyclic) bond motifs is 3. The van der Waals surface area contributed by atoms with Crippen molar-refractivity contribution in [3.05, 3.63) is 43.2 Å². The third-order valence-electron chi connectivity index (χ3n) is 4.84. The van der Waals surface area contributed by atoms with Crippen LogP contribution >= 0.6 is 22.6 Å². The number of aromatic carboxylic acids is 1. The number of benzene rings is 1. The van der Waals surface area contributed by atoms with Crippen molar-refractivity contribution < 1.29 is 9.90 Å². The molecule has 1 aliphatic heterocycles. The quantitative estimate of drug-likeness (QED) is 0.752. The standard InChI is InChI=1S/C16H14INO3/c17-8-5-10-9-3-1-2-4-13(9)18-7-12(16(20)21)15(19)11(6-8)14(10)18/h5-7,9,13H,1-4H2,(H,20,21). The maximum atomic E-state index is 12.5. The van der Waals surface area contributed by atoms with Crippen molar-refractivity contribution in [2.75, 3.05) is 0 Å². The molecule has 21 heavy (non-hydrogen) atoms. The monoisotopic (exact) mass is 395 g/mol. The number of hydrogen-bond donors (Lipinski definition) is 1. The molecular weight excluding hydrogens is 381 g/mol. The molecule has 108 valence electrons. The van der Waals surface area contributed by atoms with Gasteiger partial charge in [0, 0.05) is 27.1 Å². The fourth-order valence-electron chi connectivity index (χ4n) is 3.99. The van der Waals surface area contributed by atoms with Crippen molar-refractivity contribution in [2.24, 2.45) is 0 Å². The molecule has 0 saturated heterocycles. The molecule has 1 fully saturated rings. The Hall–Kier alpha value is -1.37. The number of carbonyl (C=O) groups is 1. The Balaban J connectivity index is 2.14. The van der Waals surface area contributed by atoms with E-state index in [0.717, 1.165) is 21.9 Å². The molecule has 2 atom stereocenters. The average Bonchev–Trinajstić information content (AvgIpc) is 2.77. The first kappa shape index (κ1) is 13.3. The van der Waals surface area contributed by atoms with E-state index in [1.54, 1.807) is 6.20 Å². The molecule has 5 heteroatoms. The van der Waals surface area contributed by atoms with Crippen LogP contribution in [0.4, 0.5) is 0 Å². The van der Waals surface area contributed by atoms with Gasteiger partial charge in [-0.1, -0.05) is 12.8 Å². The number of nitrogens with zero attached hydrogens (tertiary/aromatic N) is 1. The van der Waals surface area contributed by atoms with Crippen LogP contribution in [0.1, 0.15) is 53.6 Å². The van der Waals surface area contributed by atoms with E-state index in [2.05, 4.69) is 33.2 Å². The van der Waals surface area contributed by atoms with Gasteiger partial charge in [0.05, 0.1) is 5.52 Å². The summed E-state index contributed by atoms with van der Waals surface area (Å²) in [5, 5.41) is 9.87. The first-order chi connectivity index (χ1) is 10.1. The highest BCUT2D eigenvalue weighted by molar-refractivity contribution is 14.1. The molecule has 1 aromatic heterocycles. The lowest BCUT2D eigenvalue weighted by Gasteiger charge is -2.27. The fourth-order valence-corrected chi connectivity index (χ4v) is 4.64. The van der Waals surface area contributed by atoms with E-state index in [1.807, 2.05) is 6.07 Å². The third-order valence-corrected chi connectivity index (χ3v) is 5.46. The summed E-state index contributed by atoms with van der Waals surface area (Å²) in [6.07, 6.45) is 6.13. The van der Waals surface area contributed by atoms with Gasteiger partial charge in [0.15, 0.2) is 0 Å². The molecule has 2 unspecified atom stereocenters. The molecule has 1 N–H and O–H groups in total. The summed E-state index contributed by atoms with van der Waals surface area (Å²) >= 11 is 2.21. The first-order valence-electron chi connectivity index (χ1n) is 7.19. The molecule has 1 aliphatic carbocycles. The number of aromatic nitrogens is 1. The Labute approximate surface area is 134 Å². The zero-order chi connectivity index (χ0) is 14.7. The topological polar surface area (TPSA) is 59.3 Å². The molecule has 2 heterocycles. The second-order valence-corrected chi connectivity index (χ2v) is 7.18. The van der Waals surface area contributed by atoms with E-state index in [9.17, 15) is 14.7 Å². The summed E-state index contributed by atoms with van der Waals surface area (Å²) in [5.74, 6) is -0.704. The minimum absolute atomic E-state index is 0.110. The van der Waals surface area contributed by atoms with Crippen LogP contribution in [0.25, 0.3) is 10.9 Å². The third kappa shape index (κ3) is 1.79. The summed E-state index contributed by atoms with van der Waals surface area (Å²) in [6, 6.07) is 4.30. The van der Waals surface area contributed by atoms with Crippen LogP contribution in [0, 0.1) is 3.57 Å². The highest BCUT2D eigenvalue weighted by Gasteiger charge is 2.36. The van der Waals surface area contributed by atoms with Gasteiger partial charge in [-0.05, 0) is 53.1 Å². The van der Waals surface area contributed by atoms with E-state index < -0.39 is 5.97 Å². The van der Waals surface area contributed by atoms with Gasteiger partial charge in [0.25, 0.3) is 0 Å². The number of halogens is 1. The van der Waals surface area contributed by atoms with Crippen molar-refractivity contribution >= 4 is 39.5 Å². The van der Waals surface area contributed by atoms with Crippen LogP contribution in [0.5, 0.6) is 0 Å². The summed E-state index contributed by atoms with van der Waals surface area (Å²) in [6.45, 7) is 0. The molecule has 0 amide bonds. The predicted molar refractivity (Wildman–Crippen MR) is 88.1 cm³/mol. The van der Waals surface area contributed by atoms with E-state index in [1.165, 1.54) is 18.4 Å². The van der Waals surface area contributed by atoms with Crippen molar-refractivity contribution in [3.63, 3.8) is 0 Å². The Kier molecular flexibility index (Phi) is 2.89. The van der Waals surface area contributed by atoms with Crippen LogP contribution in [-0.4, -0.2) is 15.6 Å². The summed E-state index contributed by atoms with van der Waals surface area (Å²) in [5.41, 5.74) is 1.73. The Bertz CT molecular complexity index is 840. The predicted octanol–water partition coefficient (Wildman–Crippen LogP) is 3.52. The van der Waals surface area contributed by atoms with Crippen molar-refractivity contribution in [1.29, 1.82) is 0 Å². The maximum absolute atomic E-state index is 12.5. The molecule has 1 aromatic carbocycles. The lowest BCUT2D eigenvalue weighted by molar-refractivity contribution is 0.0694. The van der Waals surface area contributed by atoms with Gasteiger partial charge in [-0.25, -0.2) is 4.79 Å². The van der Waals surface area contributed by atoms with Crippen LogP contribution in [-0.2, 0) is 0 Å². The van der Waals surface area contributed by atoms with E-state index in [-0.39, 0.29) is 11.0 Å². The smallest absolute Gasteiger partial charge is 0.341 e. The number of carboxylic acids is 1. The van der Waals surface area contributed by atoms with Gasteiger partial charge >= 0.3 is 5.97 Å². The van der Waals surface area contributed by atoms with Gasteiger partial charge in [0.2, 0.25) is 5.43 Å². The molecule has 2 aliphatic rings. The maximum Gasteiger partial charge on any atom is 0.341 e. The molecular formula is C16H14INO3. The van der Waals surface area contributed by atoms with Crippen LogP contribution in [0.2, 0.25) is 0 Å². The number of rotatable bonds is 1. The molecule has 4 nitrogen and oxygen atoms in total. The van der Waals surface area contributed by atoms with Crippen molar-refractivity contribution in [1.82, 2.24) is 4.57 Å². The zero-order valence-electron chi connectivity index (χ0n) is 11.3. The minimum Gasteiger partial charge on any atom is -0.477 e. The molecule has 2 aromatic rings. The first-order valence-corrected chi connectivity index (χ1v) is 8.27. The zero-order valence-corrected chi connectivity index (χ0v) is 13.5. The second-order valence-electron chi connectivity index (χ2n) is 5.93. The van der Waals surface area contributed by atoms with Gasteiger partial charge in [-0.2, -0.15) is 0 Å². The van der Waals surface area contributed by atoms with Crippen LogP contribution in [0.15, 0.2) is 23.1 Å². The van der Waals surface area contributed by atoms with E-state index in [0.29, 0.717) is 17.3 Å². The number of hydrogen-bond acceptors (Lipinski definition) is 2. The van der Waals surface area contributed by atoms with Crippen LogP contribution in [0.3, 0.4) is 0 Å². The Morgan fingerprint density at radius 1 is 1.29 bits per heavy atom. The average molecular weight is 395 g/mol. The van der Waals surface area contributed by atoms with E-state index in [4.69, 9.17) is 0 Å². The molecule has 0 spiro atoms. The summed E-state index contributed by atoms with van der Waals surface area (Å²) in [4.78, 5) is 23.8. The van der Waals surface area contributed by atoms with Crippen molar-refractivity contribution in [3.8, 4) is 0 Å². The minimum atomic E-state index is -1.13. The van der Waals surface area contributed by atoms with Gasteiger partial charge in [-0.3, -0.25) is 4.79 Å². The fraction of sp³-hybridized carbons (Fsp3) is 0.375. The highest BCUT2D eigenvalue weighted by Crippen LogP contribution is 2.49. The molecule has 4 rings (SSSR count). The normalized spacial score (nSPS) is 23.3. The molecule has 0 radical (unpaired) electrons. The second kappa shape index (κ2) is 4.56. The lowest BCUT2D eigenvalue weighted by Crippen LogP contribution is -2.20. The molecule has 1 saturated carbocycles. The van der Waals surface area contributed by atoms with Crippen LogP contribution < -0.4 is 5.43 Å². The van der Waals surface area contributed by atoms with Gasteiger partial charge in [-0.15, -0.1) is 0 Å². The summed E-state index contributed by atoms with van der Waals surface area (Å²) < 4.78 is 3.07. The highest BCUT2D eigenvalue weighted by atomic mass is 127. The largest absolute Gasteiger partial charge is 0.477 e. The van der Waals surface area contributed by atoms with Crippen molar-refractivity contribution in [2.45, 2.75) is 37.6 Å². The Morgan fingerprint density at radius 2 is 2.05 bits per heavy atom. The summed E-state index contributed by atoms with van der Waals surface area (Å²) in [7, 11) is 0. The lowest BCUT2D eigenvalue weighted by atomic mass is 9.82. The Morgan fingerprint density at radius 3 is 2.81 bits per heavy atom. The SMILES string of the molecule is O=C(O)c1cn2c3c(cc(I)cc3c1=O)C1CCCCC12. The number of pyridine rings is 1. The number of carboxylic acid groups (broad SMARTS) is 1. The molecule has 0 bridgehead atoms. The van der Waals surface area contributed by atoms with Gasteiger partial charge < -0.3 is 9.67 Å². The van der Waals surface area contributed by atoms with E-state index >= 15 is 0 Å². The van der Waals surface area contributed by atoms with Gasteiger partial charge in [0.1, 0.15) is 5.56 Å².